The Kier molecular flexibility index (Phi) is 5.21. The van der Waals surface area contributed by atoms with Gasteiger partial charge in [0.05, 0.1) is 19.6 Å². The molecule has 4 rings (SSSR count). The number of anilines is 1. The average molecular weight is 420 g/mol. The van der Waals surface area contributed by atoms with Gasteiger partial charge in [0.25, 0.3) is 5.91 Å². The minimum Gasteiger partial charge on any atom is -0.493 e. The lowest BCUT2D eigenvalue weighted by Crippen LogP contribution is -2.15. The van der Waals surface area contributed by atoms with Crippen molar-refractivity contribution < 1.29 is 23.2 Å². The smallest absolute Gasteiger partial charge is 0.293 e. The molecule has 0 spiro atoms. The van der Waals surface area contributed by atoms with Crippen LogP contribution in [0.5, 0.6) is 11.5 Å². The van der Waals surface area contributed by atoms with Gasteiger partial charge in [-0.3, -0.25) is 14.9 Å². The van der Waals surface area contributed by atoms with Crippen molar-refractivity contribution >= 4 is 22.8 Å². The molecule has 2 heterocycles. The van der Waals surface area contributed by atoms with Crippen LogP contribution in [0.25, 0.3) is 22.2 Å². The Balaban J connectivity index is 1.61. The SMILES string of the molecule is COc1ccc(-c2cc(NC(=O)c3cc(=O)c4c(C)cc(C)cc4o3)on2)cc1OC. The number of aryl methyl sites for hydroxylation is 2. The number of amides is 1. The summed E-state index contributed by atoms with van der Waals surface area (Å²) in [7, 11) is 3.09. The number of fused-ring (bicyclic) bond motifs is 1. The first-order valence-corrected chi connectivity index (χ1v) is 9.45. The quantitative estimate of drug-likeness (QED) is 0.512. The normalized spacial score (nSPS) is 10.8. The van der Waals surface area contributed by atoms with E-state index < -0.39 is 5.91 Å². The highest BCUT2D eigenvalue weighted by Gasteiger charge is 2.17. The number of aromatic nitrogens is 1. The molecule has 4 aromatic rings. The van der Waals surface area contributed by atoms with Crippen molar-refractivity contribution in [1.29, 1.82) is 0 Å². The molecule has 0 aliphatic rings. The Morgan fingerprint density at radius 2 is 1.77 bits per heavy atom. The third-order valence-electron chi connectivity index (χ3n) is 4.82. The largest absolute Gasteiger partial charge is 0.493 e. The predicted octanol–water partition coefficient (Wildman–Crippen LogP) is 4.33. The maximum atomic E-state index is 12.6. The van der Waals surface area contributed by atoms with E-state index in [0.717, 1.165) is 11.1 Å². The van der Waals surface area contributed by atoms with Crippen LogP contribution in [-0.4, -0.2) is 25.3 Å². The van der Waals surface area contributed by atoms with Gasteiger partial charge < -0.3 is 18.4 Å². The lowest BCUT2D eigenvalue weighted by Gasteiger charge is -2.07. The molecular weight excluding hydrogens is 400 g/mol. The van der Waals surface area contributed by atoms with E-state index in [9.17, 15) is 9.59 Å². The van der Waals surface area contributed by atoms with E-state index in [1.807, 2.05) is 19.9 Å². The lowest BCUT2D eigenvalue weighted by atomic mass is 10.1. The van der Waals surface area contributed by atoms with Crippen LogP contribution in [-0.2, 0) is 0 Å². The molecule has 8 nitrogen and oxygen atoms in total. The number of hydrogen-bond acceptors (Lipinski definition) is 7. The van der Waals surface area contributed by atoms with Crippen LogP contribution in [0.15, 0.2) is 56.2 Å². The van der Waals surface area contributed by atoms with Crippen LogP contribution in [0.2, 0.25) is 0 Å². The fraction of sp³-hybridized carbons (Fsp3) is 0.174. The average Bonchev–Trinajstić information content (AvgIpc) is 3.20. The van der Waals surface area contributed by atoms with Crippen molar-refractivity contribution in [1.82, 2.24) is 5.16 Å². The van der Waals surface area contributed by atoms with Crippen molar-refractivity contribution in [2.45, 2.75) is 13.8 Å². The first kappa shape index (κ1) is 20.2. The number of benzene rings is 2. The Labute approximate surface area is 177 Å². The predicted molar refractivity (Wildman–Crippen MR) is 115 cm³/mol. The molecule has 8 heteroatoms. The van der Waals surface area contributed by atoms with Crippen LogP contribution < -0.4 is 20.2 Å². The van der Waals surface area contributed by atoms with E-state index in [0.29, 0.717) is 33.7 Å². The van der Waals surface area contributed by atoms with Gasteiger partial charge in [-0.05, 0) is 49.2 Å². The minimum atomic E-state index is -0.617. The standard InChI is InChI=1S/C23H20N2O6/c1-12-7-13(2)22-16(26)11-20(30-19(22)8-12)23(27)24-21-10-15(25-31-21)14-5-6-17(28-3)18(9-14)29-4/h5-11H,1-4H3,(H,24,27). The van der Waals surface area contributed by atoms with Crippen LogP contribution in [0.4, 0.5) is 5.88 Å². The summed E-state index contributed by atoms with van der Waals surface area (Å²) in [4.78, 5) is 25.1. The second-order valence-corrected chi connectivity index (χ2v) is 7.03. The molecule has 0 fully saturated rings. The molecule has 2 aromatic carbocycles. The number of rotatable bonds is 5. The molecular formula is C23H20N2O6. The third-order valence-corrected chi connectivity index (χ3v) is 4.82. The van der Waals surface area contributed by atoms with Gasteiger partial charge in [0.2, 0.25) is 5.88 Å². The highest BCUT2D eigenvalue weighted by molar-refractivity contribution is 6.02. The van der Waals surface area contributed by atoms with Gasteiger partial charge in [0, 0.05) is 17.7 Å². The first-order valence-electron chi connectivity index (χ1n) is 9.45. The summed E-state index contributed by atoms with van der Waals surface area (Å²) in [5.74, 6) is 0.495. The highest BCUT2D eigenvalue weighted by atomic mass is 16.5. The van der Waals surface area contributed by atoms with Crippen molar-refractivity contribution in [2.75, 3.05) is 19.5 Å². The Bertz CT molecular complexity index is 1350. The van der Waals surface area contributed by atoms with E-state index in [-0.39, 0.29) is 17.1 Å². The molecule has 2 aromatic heterocycles. The highest BCUT2D eigenvalue weighted by Crippen LogP contribution is 2.32. The van der Waals surface area contributed by atoms with Crippen LogP contribution in [0.1, 0.15) is 21.7 Å². The number of hydrogen-bond donors (Lipinski definition) is 1. The number of methoxy groups -OCH3 is 2. The Morgan fingerprint density at radius 3 is 2.52 bits per heavy atom. The summed E-state index contributed by atoms with van der Waals surface area (Å²) in [5.41, 5.74) is 3.00. The van der Waals surface area contributed by atoms with Crippen molar-refractivity contribution in [3.63, 3.8) is 0 Å². The molecule has 0 saturated heterocycles. The van der Waals surface area contributed by atoms with Crippen molar-refractivity contribution in [3.8, 4) is 22.8 Å². The van der Waals surface area contributed by atoms with E-state index in [1.165, 1.54) is 13.2 Å². The van der Waals surface area contributed by atoms with Crippen LogP contribution in [0, 0.1) is 13.8 Å². The van der Waals surface area contributed by atoms with Gasteiger partial charge in [-0.2, -0.15) is 0 Å². The number of ether oxygens (including phenoxy) is 2. The van der Waals surface area contributed by atoms with Crippen LogP contribution in [0.3, 0.4) is 0 Å². The Hall–Kier alpha value is -4.07. The van der Waals surface area contributed by atoms with E-state index >= 15 is 0 Å². The molecule has 0 radical (unpaired) electrons. The third kappa shape index (κ3) is 3.87. The van der Waals surface area contributed by atoms with Gasteiger partial charge >= 0.3 is 0 Å². The second-order valence-electron chi connectivity index (χ2n) is 7.03. The summed E-state index contributed by atoms with van der Waals surface area (Å²) in [5, 5.41) is 7.00. The Morgan fingerprint density at radius 1 is 1.00 bits per heavy atom. The molecule has 0 atom stereocenters. The van der Waals surface area contributed by atoms with Gasteiger partial charge in [-0.1, -0.05) is 11.2 Å². The lowest BCUT2D eigenvalue weighted by molar-refractivity contribution is 0.0994. The monoisotopic (exact) mass is 420 g/mol. The summed E-state index contributed by atoms with van der Waals surface area (Å²) in [6, 6.07) is 11.6. The summed E-state index contributed by atoms with van der Waals surface area (Å²) in [6.45, 7) is 3.72. The molecule has 1 N–H and O–H groups in total. The first-order chi connectivity index (χ1) is 14.9. The van der Waals surface area contributed by atoms with E-state index in [4.69, 9.17) is 18.4 Å². The number of nitrogens with one attached hydrogen (secondary N) is 1. The van der Waals surface area contributed by atoms with Gasteiger partial charge in [-0.25, -0.2) is 0 Å². The topological polar surface area (TPSA) is 104 Å². The molecule has 0 bridgehead atoms. The fourth-order valence-electron chi connectivity index (χ4n) is 3.42. The van der Waals surface area contributed by atoms with E-state index in [2.05, 4.69) is 10.5 Å². The second kappa shape index (κ2) is 7.98. The molecule has 1 amide bonds. The van der Waals surface area contributed by atoms with Gasteiger partial charge in [0.1, 0.15) is 11.3 Å². The number of carbonyl (C=O) groups is 1. The fourth-order valence-corrected chi connectivity index (χ4v) is 3.42. The maximum Gasteiger partial charge on any atom is 0.293 e. The summed E-state index contributed by atoms with van der Waals surface area (Å²) >= 11 is 0. The molecule has 0 aliphatic heterocycles. The van der Waals surface area contributed by atoms with Gasteiger partial charge in [0.15, 0.2) is 22.7 Å². The van der Waals surface area contributed by atoms with E-state index in [1.54, 1.807) is 37.4 Å². The molecule has 0 saturated carbocycles. The zero-order chi connectivity index (χ0) is 22.1. The number of nitrogens with zero attached hydrogens (tertiary/aromatic N) is 1. The maximum absolute atomic E-state index is 12.6. The zero-order valence-electron chi connectivity index (χ0n) is 17.4. The molecule has 31 heavy (non-hydrogen) atoms. The minimum absolute atomic E-state index is 0.109. The summed E-state index contributed by atoms with van der Waals surface area (Å²) < 4.78 is 21.4. The zero-order valence-corrected chi connectivity index (χ0v) is 17.4. The van der Waals surface area contributed by atoms with Crippen molar-refractivity contribution in [3.05, 3.63) is 69.6 Å². The molecule has 0 unspecified atom stereocenters. The molecule has 158 valence electrons. The summed E-state index contributed by atoms with van der Waals surface area (Å²) in [6.07, 6.45) is 0. The van der Waals surface area contributed by atoms with Gasteiger partial charge in [-0.15, -0.1) is 0 Å². The van der Waals surface area contributed by atoms with Crippen molar-refractivity contribution in [2.24, 2.45) is 0 Å². The number of carbonyl (C=O) groups excluding carboxylic acids is 1. The van der Waals surface area contributed by atoms with Crippen LogP contribution >= 0.6 is 0 Å². The molecule has 0 aliphatic carbocycles.